The molecule has 1 aromatic heterocycles. The zero-order valence-corrected chi connectivity index (χ0v) is 17.1. The predicted octanol–water partition coefficient (Wildman–Crippen LogP) is 2.59. The Kier molecular flexibility index (Phi) is 8.01. The number of nitrogens with one attached hydrogen (secondary N) is 3. The van der Waals surface area contributed by atoms with Crippen LogP contribution in [0, 0.1) is 0 Å². The smallest absolute Gasteiger partial charge is 0.319 e. The third kappa shape index (κ3) is 6.41. The van der Waals surface area contributed by atoms with E-state index in [1.54, 1.807) is 42.6 Å². The van der Waals surface area contributed by atoms with E-state index in [1.165, 1.54) is 6.20 Å². The number of benzene rings is 1. The number of urea groups is 1. The van der Waals surface area contributed by atoms with Crippen LogP contribution in [0.1, 0.15) is 29.6 Å². The summed E-state index contributed by atoms with van der Waals surface area (Å²) in [6.07, 6.45) is 4.50. The average molecular weight is 433 g/mol. The third-order valence-electron chi connectivity index (χ3n) is 4.89. The highest BCUT2D eigenvalue weighted by Gasteiger charge is 2.32. The monoisotopic (exact) mass is 432 g/mol. The molecule has 160 valence electrons. The number of rotatable bonds is 7. The number of aromatic nitrogens is 1. The van der Waals surface area contributed by atoms with Gasteiger partial charge >= 0.3 is 6.03 Å². The van der Waals surface area contributed by atoms with Crippen LogP contribution in [-0.2, 0) is 4.74 Å². The van der Waals surface area contributed by atoms with E-state index < -0.39 is 6.10 Å². The SMILES string of the molecule is O=C(NCC[C@@H]1CC[C@@H](NC(=O)c2cccnc2)[C@H](CO)O1)Nc1ccc(Cl)cc1. The van der Waals surface area contributed by atoms with Gasteiger partial charge < -0.3 is 25.8 Å². The molecule has 1 saturated heterocycles. The van der Waals surface area contributed by atoms with E-state index in [0.29, 0.717) is 35.7 Å². The molecule has 9 heteroatoms. The van der Waals surface area contributed by atoms with Crippen molar-refractivity contribution >= 4 is 29.2 Å². The summed E-state index contributed by atoms with van der Waals surface area (Å²) in [7, 11) is 0. The zero-order valence-electron chi connectivity index (χ0n) is 16.4. The molecule has 3 amide bonds. The van der Waals surface area contributed by atoms with Gasteiger partial charge in [0.1, 0.15) is 6.10 Å². The zero-order chi connectivity index (χ0) is 21.3. The van der Waals surface area contributed by atoms with Crippen molar-refractivity contribution in [1.29, 1.82) is 0 Å². The van der Waals surface area contributed by atoms with Crippen LogP contribution in [0.5, 0.6) is 0 Å². The van der Waals surface area contributed by atoms with Crippen LogP contribution in [0.15, 0.2) is 48.8 Å². The molecule has 3 rings (SSSR count). The summed E-state index contributed by atoms with van der Waals surface area (Å²) >= 11 is 5.82. The molecule has 8 nitrogen and oxygen atoms in total. The summed E-state index contributed by atoms with van der Waals surface area (Å²) in [6.45, 7) is 0.230. The van der Waals surface area contributed by atoms with E-state index in [-0.39, 0.29) is 30.7 Å². The van der Waals surface area contributed by atoms with Crippen molar-refractivity contribution in [3.05, 3.63) is 59.4 Å². The second-order valence-corrected chi connectivity index (χ2v) is 7.49. The first-order chi connectivity index (χ1) is 14.5. The Bertz CT molecular complexity index is 835. The van der Waals surface area contributed by atoms with Crippen LogP contribution < -0.4 is 16.0 Å². The molecule has 0 radical (unpaired) electrons. The van der Waals surface area contributed by atoms with Gasteiger partial charge in [-0.25, -0.2) is 4.79 Å². The normalized spacial score (nSPS) is 20.9. The number of amides is 3. The number of pyridine rings is 1. The van der Waals surface area contributed by atoms with E-state index in [2.05, 4.69) is 20.9 Å². The van der Waals surface area contributed by atoms with E-state index in [1.807, 2.05) is 0 Å². The number of anilines is 1. The summed E-state index contributed by atoms with van der Waals surface area (Å²) in [4.78, 5) is 28.2. The van der Waals surface area contributed by atoms with Crippen LogP contribution in [0.25, 0.3) is 0 Å². The lowest BCUT2D eigenvalue weighted by molar-refractivity contribution is -0.0892. The Morgan fingerprint density at radius 2 is 2.00 bits per heavy atom. The molecule has 0 unspecified atom stereocenters. The highest BCUT2D eigenvalue weighted by atomic mass is 35.5. The standard InChI is InChI=1S/C21H25ClN4O4/c22-15-3-5-16(6-4-15)25-21(29)24-11-9-17-7-8-18(19(13-27)30-17)26-20(28)14-2-1-10-23-12-14/h1-6,10,12,17-19,27H,7-9,11,13H2,(H,26,28)(H2,24,25,29)/t17-,18+,19-/m0/s1. The minimum Gasteiger partial charge on any atom is -0.394 e. The van der Waals surface area contributed by atoms with Crippen molar-refractivity contribution in [3.8, 4) is 0 Å². The molecule has 1 aliphatic heterocycles. The number of hydrogen-bond donors (Lipinski definition) is 4. The number of carbonyl (C=O) groups is 2. The molecular formula is C21H25ClN4O4. The molecule has 2 aromatic rings. The van der Waals surface area contributed by atoms with E-state index in [4.69, 9.17) is 16.3 Å². The summed E-state index contributed by atoms with van der Waals surface area (Å²) in [5.74, 6) is -0.242. The fourth-order valence-electron chi connectivity index (χ4n) is 3.31. The highest BCUT2D eigenvalue weighted by molar-refractivity contribution is 6.30. The lowest BCUT2D eigenvalue weighted by Crippen LogP contribution is -2.51. The summed E-state index contributed by atoms with van der Waals surface area (Å²) < 4.78 is 5.93. The first-order valence-corrected chi connectivity index (χ1v) is 10.2. The number of ether oxygens (including phenoxy) is 1. The Balaban J connectivity index is 1.40. The lowest BCUT2D eigenvalue weighted by Gasteiger charge is -2.36. The molecule has 0 bridgehead atoms. The number of aliphatic hydroxyl groups is 1. The molecule has 0 spiro atoms. The van der Waals surface area contributed by atoms with Crippen molar-refractivity contribution < 1.29 is 19.4 Å². The lowest BCUT2D eigenvalue weighted by atomic mass is 9.97. The maximum Gasteiger partial charge on any atom is 0.319 e. The largest absolute Gasteiger partial charge is 0.394 e. The van der Waals surface area contributed by atoms with E-state index in [0.717, 1.165) is 6.42 Å². The molecular weight excluding hydrogens is 408 g/mol. The summed E-state index contributed by atoms with van der Waals surface area (Å²) in [5, 5.41) is 18.7. The molecule has 0 saturated carbocycles. The Hall–Kier alpha value is -2.68. The topological polar surface area (TPSA) is 113 Å². The van der Waals surface area contributed by atoms with Crippen LogP contribution in [0.4, 0.5) is 10.5 Å². The number of halogens is 1. The van der Waals surface area contributed by atoms with Crippen molar-refractivity contribution in [2.45, 2.75) is 37.5 Å². The molecule has 1 fully saturated rings. The fraction of sp³-hybridized carbons (Fsp3) is 0.381. The maximum atomic E-state index is 12.3. The quantitative estimate of drug-likeness (QED) is 0.537. The van der Waals surface area contributed by atoms with Crippen molar-refractivity contribution in [3.63, 3.8) is 0 Å². The highest BCUT2D eigenvalue weighted by Crippen LogP contribution is 2.22. The van der Waals surface area contributed by atoms with Crippen molar-refractivity contribution in [1.82, 2.24) is 15.6 Å². The molecule has 30 heavy (non-hydrogen) atoms. The van der Waals surface area contributed by atoms with Gasteiger partial charge in [0.2, 0.25) is 0 Å². The molecule has 2 heterocycles. The molecule has 3 atom stereocenters. The molecule has 4 N–H and O–H groups in total. The summed E-state index contributed by atoms with van der Waals surface area (Å²) in [5.41, 5.74) is 1.12. The Morgan fingerprint density at radius 1 is 1.20 bits per heavy atom. The fourth-order valence-corrected chi connectivity index (χ4v) is 3.44. The van der Waals surface area contributed by atoms with Gasteiger partial charge in [0.15, 0.2) is 0 Å². The van der Waals surface area contributed by atoms with Gasteiger partial charge in [-0.2, -0.15) is 0 Å². The van der Waals surface area contributed by atoms with Gasteiger partial charge in [0.25, 0.3) is 5.91 Å². The van der Waals surface area contributed by atoms with Crippen LogP contribution >= 0.6 is 11.6 Å². The maximum absolute atomic E-state index is 12.3. The number of carbonyl (C=O) groups excluding carboxylic acids is 2. The van der Waals surface area contributed by atoms with Gasteiger partial charge in [-0.05, 0) is 55.7 Å². The van der Waals surface area contributed by atoms with Gasteiger partial charge in [-0.15, -0.1) is 0 Å². The van der Waals surface area contributed by atoms with Crippen molar-refractivity contribution in [2.75, 3.05) is 18.5 Å². The van der Waals surface area contributed by atoms with Crippen molar-refractivity contribution in [2.24, 2.45) is 0 Å². The first kappa shape index (κ1) is 22.0. The summed E-state index contributed by atoms with van der Waals surface area (Å²) in [6, 6.07) is 9.63. The second kappa shape index (κ2) is 10.9. The molecule has 1 aliphatic rings. The van der Waals surface area contributed by atoms with Crippen LogP contribution in [0.3, 0.4) is 0 Å². The molecule has 0 aliphatic carbocycles. The van der Waals surface area contributed by atoms with Gasteiger partial charge in [0, 0.05) is 29.6 Å². The Morgan fingerprint density at radius 3 is 2.70 bits per heavy atom. The number of hydrogen-bond acceptors (Lipinski definition) is 5. The van der Waals surface area contributed by atoms with Crippen LogP contribution in [-0.4, -0.2) is 53.4 Å². The number of aliphatic hydroxyl groups excluding tert-OH is 1. The minimum atomic E-state index is -0.493. The third-order valence-corrected chi connectivity index (χ3v) is 5.14. The molecule has 1 aromatic carbocycles. The van der Waals surface area contributed by atoms with E-state index >= 15 is 0 Å². The first-order valence-electron chi connectivity index (χ1n) is 9.83. The van der Waals surface area contributed by atoms with Gasteiger partial charge in [0.05, 0.1) is 24.3 Å². The van der Waals surface area contributed by atoms with Crippen LogP contribution in [0.2, 0.25) is 5.02 Å². The minimum absolute atomic E-state index is 0.107. The average Bonchev–Trinajstić information content (AvgIpc) is 2.77. The number of nitrogens with zero attached hydrogens (tertiary/aromatic N) is 1. The van der Waals surface area contributed by atoms with Gasteiger partial charge in [-0.3, -0.25) is 9.78 Å². The predicted molar refractivity (Wildman–Crippen MR) is 114 cm³/mol. The second-order valence-electron chi connectivity index (χ2n) is 7.05. The van der Waals surface area contributed by atoms with Gasteiger partial charge in [-0.1, -0.05) is 11.6 Å². The van der Waals surface area contributed by atoms with E-state index in [9.17, 15) is 14.7 Å². The Labute approximate surface area is 180 Å².